The summed E-state index contributed by atoms with van der Waals surface area (Å²) >= 11 is 0. The van der Waals surface area contributed by atoms with Crippen molar-refractivity contribution in [1.82, 2.24) is 9.88 Å². The van der Waals surface area contributed by atoms with E-state index in [0.29, 0.717) is 12.5 Å². The average molecular weight is 286 g/mol. The number of nitrogens with one attached hydrogen (secondary N) is 1. The van der Waals surface area contributed by atoms with Gasteiger partial charge in [0, 0.05) is 30.3 Å². The number of para-hydroxylation sites is 1. The van der Waals surface area contributed by atoms with E-state index in [1.807, 2.05) is 0 Å². The third-order valence-corrected chi connectivity index (χ3v) is 4.87. The Labute approximate surface area is 127 Å². The van der Waals surface area contributed by atoms with Gasteiger partial charge in [-0.05, 0) is 55.8 Å². The number of aliphatic hydroxyl groups is 1. The van der Waals surface area contributed by atoms with Crippen LogP contribution in [0.1, 0.15) is 43.2 Å². The van der Waals surface area contributed by atoms with Crippen molar-refractivity contribution >= 4 is 10.9 Å². The smallest absolute Gasteiger partial charge is 0.0489 e. The first-order valence-electron chi connectivity index (χ1n) is 8.25. The van der Waals surface area contributed by atoms with Crippen LogP contribution in [0, 0.1) is 0 Å². The molecule has 0 spiro atoms. The molecule has 1 fully saturated rings. The molecule has 0 saturated carbocycles. The number of aliphatic hydroxyl groups excluding tert-OH is 1. The van der Waals surface area contributed by atoms with Crippen LogP contribution in [-0.2, 0) is 6.42 Å². The van der Waals surface area contributed by atoms with Gasteiger partial charge in [0.2, 0.25) is 0 Å². The summed E-state index contributed by atoms with van der Waals surface area (Å²) in [4.78, 5) is 5.99. The third-order valence-electron chi connectivity index (χ3n) is 4.87. The van der Waals surface area contributed by atoms with Crippen LogP contribution in [0.3, 0.4) is 0 Å². The number of H-pyrrole nitrogens is 1. The molecule has 0 aliphatic carbocycles. The molecule has 3 heteroatoms. The predicted molar refractivity (Wildman–Crippen MR) is 87.8 cm³/mol. The van der Waals surface area contributed by atoms with Gasteiger partial charge in [0.25, 0.3) is 0 Å². The maximum Gasteiger partial charge on any atom is 0.0489 e. The van der Waals surface area contributed by atoms with Crippen molar-refractivity contribution in [2.24, 2.45) is 0 Å². The molecular weight excluding hydrogens is 260 g/mol. The number of nitrogens with zero attached hydrogens (tertiary/aromatic N) is 1. The first-order valence-corrected chi connectivity index (χ1v) is 8.25. The second-order valence-electron chi connectivity index (χ2n) is 6.13. The van der Waals surface area contributed by atoms with Gasteiger partial charge >= 0.3 is 0 Å². The van der Waals surface area contributed by atoms with Crippen molar-refractivity contribution in [3.63, 3.8) is 0 Å². The molecule has 1 saturated heterocycles. The molecule has 1 aromatic heterocycles. The van der Waals surface area contributed by atoms with E-state index in [1.165, 1.54) is 34.9 Å². The summed E-state index contributed by atoms with van der Waals surface area (Å²) in [7, 11) is 0. The van der Waals surface area contributed by atoms with Gasteiger partial charge in [0.05, 0.1) is 0 Å². The number of hydrogen-bond acceptors (Lipinski definition) is 2. The number of rotatable bonds is 5. The Morgan fingerprint density at radius 3 is 2.81 bits per heavy atom. The van der Waals surface area contributed by atoms with Crippen LogP contribution in [0.15, 0.2) is 24.4 Å². The molecule has 2 heterocycles. The molecule has 114 valence electrons. The van der Waals surface area contributed by atoms with E-state index in [-0.39, 0.29) is 0 Å². The van der Waals surface area contributed by atoms with E-state index in [0.717, 1.165) is 32.5 Å². The van der Waals surface area contributed by atoms with E-state index < -0.39 is 0 Å². The number of aryl methyl sites for hydroxylation is 1. The lowest BCUT2D eigenvalue weighted by Crippen LogP contribution is -2.33. The fourth-order valence-electron chi connectivity index (χ4n) is 3.63. The molecule has 2 aromatic rings. The van der Waals surface area contributed by atoms with Gasteiger partial charge in [-0.2, -0.15) is 0 Å². The number of aromatic amines is 1. The molecule has 2 N–H and O–H groups in total. The zero-order valence-electron chi connectivity index (χ0n) is 12.9. The number of benzene rings is 1. The molecule has 0 radical (unpaired) electrons. The SMILES string of the molecule is CCc1cccc2c(C3CCN(CCCO)CC3)c[nH]c12. The summed E-state index contributed by atoms with van der Waals surface area (Å²) in [6, 6.07) is 6.67. The lowest BCUT2D eigenvalue weighted by molar-refractivity contribution is 0.188. The average Bonchev–Trinajstić information content (AvgIpc) is 2.97. The second kappa shape index (κ2) is 6.63. The molecule has 1 aliphatic heterocycles. The first-order chi connectivity index (χ1) is 10.3. The maximum absolute atomic E-state index is 8.94. The van der Waals surface area contributed by atoms with Gasteiger partial charge in [-0.3, -0.25) is 0 Å². The van der Waals surface area contributed by atoms with Crippen molar-refractivity contribution in [3.8, 4) is 0 Å². The Bertz CT molecular complexity index is 582. The minimum absolute atomic E-state index is 0.308. The predicted octanol–water partition coefficient (Wildman–Crippen LogP) is 3.29. The molecule has 1 aromatic carbocycles. The minimum Gasteiger partial charge on any atom is -0.396 e. The molecule has 0 unspecified atom stereocenters. The Hall–Kier alpha value is -1.32. The van der Waals surface area contributed by atoms with Crippen LogP contribution in [0.25, 0.3) is 10.9 Å². The first kappa shape index (κ1) is 14.6. The highest BCUT2D eigenvalue weighted by atomic mass is 16.3. The summed E-state index contributed by atoms with van der Waals surface area (Å²) < 4.78 is 0. The molecule has 1 aliphatic rings. The quantitative estimate of drug-likeness (QED) is 0.885. The number of piperidine rings is 1. The summed E-state index contributed by atoms with van der Waals surface area (Å²) in [5, 5.41) is 10.4. The molecule has 0 amide bonds. The highest BCUT2D eigenvalue weighted by Crippen LogP contribution is 2.34. The summed E-state index contributed by atoms with van der Waals surface area (Å²) in [5.74, 6) is 0.677. The Morgan fingerprint density at radius 1 is 1.29 bits per heavy atom. The molecule has 21 heavy (non-hydrogen) atoms. The maximum atomic E-state index is 8.94. The zero-order chi connectivity index (χ0) is 14.7. The second-order valence-corrected chi connectivity index (χ2v) is 6.13. The van der Waals surface area contributed by atoms with Gasteiger partial charge in [0.15, 0.2) is 0 Å². The number of fused-ring (bicyclic) bond motifs is 1. The Morgan fingerprint density at radius 2 is 2.10 bits per heavy atom. The molecule has 3 rings (SSSR count). The van der Waals surface area contributed by atoms with E-state index in [9.17, 15) is 0 Å². The number of hydrogen-bond donors (Lipinski definition) is 2. The van der Waals surface area contributed by atoms with Crippen molar-refractivity contribution in [1.29, 1.82) is 0 Å². The molecule has 0 bridgehead atoms. The number of likely N-dealkylation sites (tertiary alicyclic amines) is 1. The van der Waals surface area contributed by atoms with E-state index in [4.69, 9.17) is 5.11 Å². The summed E-state index contributed by atoms with van der Waals surface area (Å²) in [6.45, 7) is 5.88. The van der Waals surface area contributed by atoms with Crippen molar-refractivity contribution in [2.45, 2.75) is 38.5 Å². The standard InChI is InChI=1S/C18H26N2O/c1-2-14-5-3-6-16-17(13-19-18(14)16)15-7-10-20(11-8-15)9-4-12-21/h3,5-6,13,15,19,21H,2,4,7-12H2,1H3. The van der Waals surface area contributed by atoms with Crippen molar-refractivity contribution in [2.75, 3.05) is 26.2 Å². The van der Waals surface area contributed by atoms with E-state index in [2.05, 4.69) is 41.2 Å². The number of aromatic nitrogens is 1. The summed E-state index contributed by atoms with van der Waals surface area (Å²) in [6.07, 6.45) is 6.68. The normalized spacial score (nSPS) is 17.6. The lowest BCUT2D eigenvalue weighted by Gasteiger charge is -2.31. The fraction of sp³-hybridized carbons (Fsp3) is 0.556. The summed E-state index contributed by atoms with van der Waals surface area (Å²) in [5.41, 5.74) is 4.25. The third kappa shape index (κ3) is 2.99. The molecular formula is C18H26N2O. The van der Waals surface area contributed by atoms with Crippen LogP contribution >= 0.6 is 0 Å². The van der Waals surface area contributed by atoms with Gasteiger partial charge in [-0.25, -0.2) is 0 Å². The monoisotopic (exact) mass is 286 g/mol. The Balaban J connectivity index is 1.74. The molecule has 0 atom stereocenters. The minimum atomic E-state index is 0.308. The largest absolute Gasteiger partial charge is 0.396 e. The van der Waals surface area contributed by atoms with E-state index in [1.54, 1.807) is 0 Å². The highest BCUT2D eigenvalue weighted by molar-refractivity contribution is 5.86. The van der Waals surface area contributed by atoms with Gasteiger partial charge in [-0.15, -0.1) is 0 Å². The fourth-order valence-corrected chi connectivity index (χ4v) is 3.63. The van der Waals surface area contributed by atoms with Crippen molar-refractivity contribution in [3.05, 3.63) is 35.5 Å². The van der Waals surface area contributed by atoms with Gasteiger partial charge in [-0.1, -0.05) is 25.1 Å². The van der Waals surface area contributed by atoms with Gasteiger partial charge < -0.3 is 15.0 Å². The van der Waals surface area contributed by atoms with Crippen molar-refractivity contribution < 1.29 is 5.11 Å². The van der Waals surface area contributed by atoms with Crippen LogP contribution < -0.4 is 0 Å². The van der Waals surface area contributed by atoms with Crippen LogP contribution in [-0.4, -0.2) is 41.2 Å². The highest BCUT2D eigenvalue weighted by Gasteiger charge is 2.22. The van der Waals surface area contributed by atoms with Gasteiger partial charge in [0.1, 0.15) is 0 Å². The van der Waals surface area contributed by atoms with E-state index >= 15 is 0 Å². The lowest BCUT2D eigenvalue weighted by atomic mass is 9.88. The van der Waals surface area contributed by atoms with Crippen LogP contribution in [0.5, 0.6) is 0 Å². The van der Waals surface area contributed by atoms with Crippen LogP contribution in [0.2, 0.25) is 0 Å². The molecule has 3 nitrogen and oxygen atoms in total. The zero-order valence-corrected chi connectivity index (χ0v) is 12.9. The Kier molecular flexibility index (Phi) is 4.61. The topological polar surface area (TPSA) is 39.3 Å². The van der Waals surface area contributed by atoms with Crippen LogP contribution in [0.4, 0.5) is 0 Å².